The van der Waals surface area contributed by atoms with E-state index in [-0.39, 0.29) is 63.4 Å². The Labute approximate surface area is 348 Å². The fourth-order valence-corrected chi connectivity index (χ4v) is 14.7. The predicted octanol–water partition coefficient (Wildman–Crippen LogP) is 9.62. The van der Waals surface area contributed by atoms with Crippen LogP contribution >= 0.6 is 0 Å². The Balaban J connectivity index is 1.10. The van der Waals surface area contributed by atoms with Crippen LogP contribution in [0.2, 0.25) is 0 Å². The third kappa shape index (κ3) is 6.24. The summed E-state index contributed by atoms with van der Waals surface area (Å²) in [5.74, 6) is 2.37. The smallest absolute Gasteiger partial charge is 0.318 e. The number of ketones is 1. The monoisotopic (exact) mass is 794 g/mol. The summed E-state index contributed by atoms with van der Waals surface area (Å²) in [6, 6.07) is 10.3. The highest BCUT2D eigenvalue weighted by Gasteiger charge is 2.70. The first kappa shape index (κ1) is 41.3. The molecule has 1 saturated heterocycles. The number of nitrogens with one attached hydrogen (secondary N) is 1. The lowest BCUT2D eigenvalue weighted by atomic mass is 9.33. The third-order valence-corrected chi connectivity index (χ3v) is 17.6. The molecule has 9 heteroatoms. The van der Waals surface area contributed by atoms with Crippen LogP contribution in [0.4, 0.5) is 4.79 Å². The number of carbonyl (C=O) groups is 3. The topological polar surface area (TPSA) is 96.8 Å². The molecule has 316 valence electrons. The maximum atomic E-state index is 15.0. The Morgan fingerprint density at radius 1 is 0.931 bits per heavy atom. The molecule has 4 saturated carbocycles. The maximum absolute atomic E-state index is 15.0. The van der Waals surface area contributed by atoms with Gasteiger partial charge in [-0.15, -0.1) is 0 Å². The zero-order valence-electron chi connectivity index (χ0n) is 37.2. The van der Waals surface area contributed by atoms with E-state index in [2.05, 4.69) is 102 Å². The molecule has 5 fully saturated rings. The summed E-state index contributed by atoms with van der Waals surface area (Å²) < 4.78 is 8.32. The number of imidazole rings is 1. The summed E-state index contributed by atoms with van der Waals surface area (Å²) in [7, 11) is 4.19. The second-order valence-electron chi connectivity index (χ2n) is 21.3. The van der Waals surface area contributed by atoms with E-state index in [1.54, 1.807) is 6.92 Å². The summed E-state index contributed by atoms with van der Waals surface area (Å²) in [6.07, 6.45) is 12.3. The molecule has 8 rings (SSSR count). The van der Waals surface area contributed by atoms with Crippen molar-refractivity contribution in [3.8, 4) is 11.3 Å². The number of urea groups is 1. The molecule has 1 aromatic carbocycles. The van der Waals surface area contributed by atoms with Crippen molar-refractivity contribution < 1.29 is 19.1 Å². The van der Waals surface area contributed by atoms with Crippen LogP contribution < -0.4 is 5.32 Å². The summed E-state index contributed by atoms with van der Waals surface area (Å²) in [5.41, 5.74) is 3.96. The number of carbonyl (C=O) groups excluding carboxylic acids is 3. The van der Waals surface area contributed by atoms with Gasteiger partial charge in [-0.2, -0.15) is 0 Å². The van der Waals surface area contributed by atoms with Crippen LogP contribution in [0.5, 0.6) is 0 Å². The van der Waals surface area contributed by atoms with Crippen molar-refractivity contribution in [3.05, 3.63) is 53.5 Å². The molecule has 9 nitrogen and oxygen atoms in total. The Hall–Kier alpha value is -3.46. The van der Waals surface area contributed by atoms with E-state index in [0.29, 0.717) is 24.8 Å². The van der Waals surface area contributed by atoms with Crippen molar-refractivity contribution in [2.45, 2.75) is 150 Å². The van der Waals surface area contributed by atoms with Gasteiger partial charge in [0.25, 0.3) is 0 Å². The van der Waals surface area contributed by atoms with Crippen molar-refractivity contribution in [3.63, 3.8) is 0 Å². The zero-order chi connectivity index (χ0) is 41.6. The fraction of sp³-hybridized carbons (Fsp3) is 0.714. The number of allylic oxidation sites excluding steroid dienone is 1. The second-order valence-corrected chi connectivity index (χ2v) is 21.3. The minimum absolute atomic E-state index is 0.00367. The third-order valence-electron chi connectivity index (χ3n) is 17.6. The molecule has 1 aromatic heterocycles. The van der Waals surface area contributed by atoms with Crippen LogP contribution in [0.3, 0.4) is 0 Å². The van der Waals surface area contributed by atoms with Gasteiger partial charge in [0, 0.05) is 38.4 Å². The van der Waals surface area contributed by atoms with Crippen LogP contribution in [-0.4, -0.2) is 76.0 Å². The number of hydrogen-bond donors (Lipinski definition) is 1. The molecule has 6 aliphatic rings. The molecule has 0 radical (unpaired) electrons. The van der Waals surface area contributed by atoms with Gasteiger partial charge in [-0.1, -0.05) is 78.8 Å². The highest BCUT2D eigenvalue weighted by Crippen LogP contribution is 2.76. The molecular formula is C49H71N5O4. The van der Waals surface area contributed by atoms with Crippen molar-refractivity contribution in [2.75, 3.05) is 27.2 Å². The van der Waals surface area contributed by atoms with E-state index in [1.165, 1.54) is 5.57 Å². The van der Waals surface area contributed by atoms with Gasteiger partial charge < -0.3 is 24.4 Å². The van der Waals surface area contributed by atoms with Gasteiger partial charge in [-0.3, -0.25) is 9.59 Å². The van der Waals surface area contributed by atoms with E-state index in [4.69, 9.17) is 9.72 Å². The van der Waals surface area contributed by atoms with Crippen molar-refractivity contribution in [1.82, 2.24) is 24.7 Å². The van der Waals surface area contributed by atoms with E-state index < -0.39 is 5.54 Å². The number of ether oxygens (including phenoxy) is 1. The normalized spacial score (nSPS) is 36.7. The molecule has 1 aliphatic heterocycles. The largest absolute Gasteiger partial charge is 0.462 e. The van der Waals surface area contributed by atoms with Crippen molar-refractivity contribution in [1.29, 1.82) is 0 Å². The molecule has 5 aliphatic carbocycles. The Kier molecular flexibility index (Phi) is 10.4. The lowest BCUT2D eigenvalue weighted by Crippen LogP contribution is -2.67. The van der Waals surface area contributed by atoms with Crippen LogP contribution in [0, 0.1) is 45.3 Å². The molecule has 1 N–H and O–H groups in total. The Morgan fingerprint density at radius 3 is 2.36 bits per heavy atom. The van der Waals surface area contributed by atoms with Crippen LogP contribution in [0.25, 0.3) is 11.3 Å². The molecule has 0 spiro atoms. The van der Waals surface area contributed by atoms with Gasteiger partial charge in [0.15, 0.2) is 5.78 Å². The average molecular weight is 794 g/mol. The minimum atomic E-state index is -0.658. The number of rotatable bonds is 8. The quantitative estimate of drug-likeness (QED) is 0.268. The summed E-state index contributed by atoms with van der Waals surface area (Å²) in [6.45, 7) is 20.7. The lowest BCUT2D eigenvalue weighted by molar-refractivity contribution is -0.231. The highest BCUT2D eigenvalue weighted by molar-refractivity contribution is 6.02. The predicted molar refractivity (Wildman–Crippen MR) is 229 cm³/mol. The van der Waals surface area contributed by atoms with Gasteiger partial charge in [0.1, 0.15) is 11.9 Å². The number of likely N-dealkylation sites (tertiary alicyclic amines) is 1. The first-order valence-corrected chi connectivity index (χ1v) is 22.7. The molecule has 0 bridgehead atoms. The molecule has 9 atom stereocenters. The fourth-order valence-electron chi connectivity index (χ4n) is 14.7. The van der Waals surface area contributed by atoms with Crippen molar-refractivity contribution >= 4 is 17.8 Å². The lowest BCUT2D eigenvalue weighted by Gasteiger charge is -2.72. The molecular weight excluding hydrogens is 723 g/mol. The summed E-state index contributed by atoms with van der Waals surface area (Å²) in [4.78, 5) is 50.8. The average Bonchev–Trinajstić information content (AvgIpc) is 3.88. The van der Waals surface area contributed by atoms with E-state index in [1.807, 2.05) is 17.2 Å². The number of fused-ring (bicyclic) bond motifs is 7. The summed E-state index contributed by atoms with van der Waals surface area (Å²) in [5, 5.41) is 3.70. The molecule has 9 unspecified atom stereocenters. The Bertz CT molecular complexity index is 1970. The molecule has 58 heavy (non-hydrogen) atoms. The van der Waals surface area contributed by atoms with Crippen LogP contribution in [-0.2, 0) is 20.9 Å². The molecule has 2 aromatic rings. The minimum Gasteiger partial charge on any atom is -0.462 e. The van der Waals surface area contributed by atoms with E-state index in [0.717, 1.165) is 100.0 Å². The number of benzene rings is 1. The molecule has 2 heterocycles. The van der Waals surface area contributed by atoms with Gasteiger partial charge in [-0.25, -0.2) is 9.78 Å². The summed E-state index contributed by atoms with van der Waals surface area (Å²) >= 11 is 0. The SMILES string of the molecule is CC(=O)OC1CCC2(C)C(CCC3(C)C2CCC2C4=C(C(C)C)C(=O)CC4(NC(=O)N4CCCC4c4ncc(-c5ccccc5)n4CCN(C)C)CCC23C)C1(C)C. The van der Waals surface area contributed by atoms with Gasteiger partial charge in [0.2, 0.25) is 0 Å². The number of likely N-dealkylation sites (N-methyl/N-ethyl adjacent to an activating group) is 1. The standard InChI is InChI=1S/C49H71N5O4/c1-31(2)41-37(56)29-49(51-44(57)54-26-14-17-35(54)43-50-30-36(33-15-12-11-13-16-33)53(43)28-27-52(9)10)25-24-47(7)34(42(41)49)18-19-39-46(6)22-21-40(58-32(3)55)45(4,5)38(46)20-23-48(39,47)8/h11-13,15-16,30-31,34-35,38-40H,14,17-29H2,1-10H3,(H,51,57). The van der Waals surface area contributed by atoms with Gasteiger partial charge >= 0.3 is 12.0 Å². The van der Waals surface area contributed by atoms with Gasteiger partial charge in [0.05, 0.1) is 23.5 Å². The first-order valence-electron chi connectivity index (χ1n) is 22.7. The second kappa shape index (κ2) is 14.6. The van der Waals surface area contributed by atoms with E-state index in [9.17, 15) is 14.4 Å². The molecule has 2 amide bonds. The van der Waals surface area contributed by atoms with Crippen LogP contribution in [0.15, 0.2) is 47.7 Å². The number of Topliss-reactive ketones (excluding diaryl/α,β-unsaturated/α-hetero) is 1. The maximum Gasteiger partial charge on any atom is 0.318 e. The van der Waals surface area contributed by atoms with Crippen molar-refractivity contribution in [2.24, 2.45) is 45.3 Å². The highest BCUT2D eigenvalue weighted by atomic mass is 16.5. The van der Waals surface area contributed by atoms with Crippen LogP contribution in [0.1, 0.15) is 138 Å². The number of aromatic nitrogens is 2. The van der Waals surface area contributed by atoms with Gasteiger partial charge in [-0.05, 0) is 135 Å². The number of esters is 1. The zero-order valence-corrected chi connectivity index (χ0v) is 37.2. The van der Waals surface area contributed by atoms with E-state index >= 15 is 0 Å². The number of hydrogen-bond acceptors (Lipinski definition) is 6. The number of nitrogens with zero attached hydrogens (tertiary/aromatic N) is 4. The first-order chi connectivity index (χ1) is 27.4. The number of amides is 2. The Morgan fingerprint density at radius 2 is 1.67 bits per heavy atom.